The number of hydrogen-bond donors (Lipinski definition) is 2. The van der Waals surface area contributed by atoms with Gasteiger partial charge in [0, 0.05) is 12.7 Å². The van der Waals surface area contributed by atoms with Crippen molar-refractivity contribution in [3.05, 3.63) is 17.0 Å². The molecule has 0 aliphatic rings. The van der Waals surface area contributed by atoms with E-state index in [1.165, 1.54) is 6.33 Å². The number of aliphatic hydroxyl groups excluding tert-OH is 1. The minimum atomic E-state index is -0.195. The molecular weight excluding hydrogens is 218 g/mol. The Kier molecular flexibility index (Phi) is 4.74. The number of anilines is 1. The van der Waals surface area contributed by atoms with Crippen molar-refractivity contribution in [1.82, 2.24) is 9.97 Å². The highest BCUT2D eigenvalue weighted by molar-refractivity contribution is 6.30. The number of aromatic nitrogens is 2. The standard InChI is InChI=1S/C9H14ClN3O2/c1-6-8(10)11-5-12-9(6)13-7(3-14)4-15-2/h5,7,14H,3-4H2,1-2H3,(H,11,12,13). The number of halogens is 1. The van der Waals surface area contributed by atoms with Crippen molar-refractivity contribution < 1.29 is 9.84 Å². The van der Waals surface area contributed by atoms with Gasteiger partial charge in [0.15, 0.2) is 0 Å². The maximum Gasteiger partial charge on any atom is 0.137 e. The van der Waals surface area contributed by atoms with E-state index in [4.69, 9.17) is 21.4 Å². The van der Waals surface area contributed by atoms with Gasteiger partial charge in [-0.15, -0.1) is 0 Å². The van der Waals surface area contributed by atoms with Gasteiger partial charge in [-0.3, -0.25) is 0 Å². The van der Waals surface area contributed by atoms with Gasteiger partial charge in [0.2, 0.25) is 0 Å². The first-order chi connectivity index (χ1) is 7.19. The van der Waals surface area contributed by atoms with Crippen LogP contribution in [0.3, 0.4) is 0 Å². The predicted molar refractivity (Wildman–Crippen MR) is 58.2 cm³/mol. The van der Waals surface area contributed by atoms with Gasteiger partial charge in [-0.25, -0.2) is 9.97 Å². The summed E-state index contributed by atoms with van der Waals surface area (Å²) in [6, 6.07) is -0.195. The van der Waals surface area contributed by atoms with Crippen LogP contribution in [0.2, 0.25) is 5.15 Å². The molecule has 5 nitrogen and oxygen atoms in total. The molecule has 0 saturated heterocycles. The van der Waals surface area contributed by atoms with E-state index >= 15 is 0 Å². The summed E-state index contributed by atoms with van der Waals surface area (Å²) in [6.45, 7) is 2.18. The molecule has 1 atom stereocenters. The van der Waals surface area contributed by atoms with Gasteiger partial charge < -0.3 is 15.2 Å². The van der Waals surface area contributed by atoms with Crippen molar-refractivity contribution in [1.29, 1.82) is 0 Å². The first kappa shape index (κ1) is 12.2. The van der Waals surface area contributed by atoms with Gasteiger partial charge in [0.25, 0.3) is 0 Å². The zero-order valence-corrected chi connectivity index (χ0v) is 9.45. The molecule has 0 radical (unpaired) electrons. The summed E-state index contributed by atoms with van der Waals surface area (Å²) in [5, 5.41) is 12.5. The molecule has 0 amide bonds. The average molecular weight is 232 g/mol. The highest BCUT2D eigenvalue weighted by atomic mass is 35.5. The first-order valence-electron chi connectivity index (χ1n) is 4.52. The Bertz CT molecular complexity index is 322. The molecule has 1 unspecified atom stereocenters. The average Bonchev–Trinajstić information content (AvgIpc) is 2.24. The Morgan fingerprint density at radius 2 is 2.33 bits per heavy atom. The van der Waals surface area contributed by atoms with Crippen LogP contribution in [0.15, 0.2) is 6.33 Å². The second kappa shape index (κ2) is 5.85. The van der Waals surface area contributed by atoms with E-state index in [-0.39, 0.29) is 12.6 Å². The molecule has 0 saturated carbocycles. The molecule has 0 fully saturated rings. The molecule has 1 aromatic heterocycles. The summed E-state index contributed by atoms with van der Waals surface area (Å²) in [5.74, 6) is 0.617. The lowest BCUT2D eigenvalue weighted by molar-refractivity contribution is 0.153. The number of ether oxygens (including phenoxy) is 1. The van der Waals surface area contributed by atoms with Crippen molar-refractivity contribution >= 4 is 17.4 Å². The second-order valence-corrected chi connectivity index (χ2v) is 3.48. The molecule has 84 valence electrons. The van der Waals surface area contributed by atoms with Crippen LogP contribution in [-0.2, 0) is 4.74 Å². The molecule has 15 heavy (non-hydrogen) atoms. The predicted octanol–water partition coefficient (Wildman–Crippen LogP) is 0.858. The lowest BCUT2D eigenvalue weighted by atomic mass is 10.3. The van der Waals surface area contributed by atoms with E-state index in [0.29, 0.717) is 17.6 Å². The lowest BCUT2D eigenvalue weighted by Gasteiger charge is -2.17. The Balaban J connectivity index is 2.74. The molecule has 0 aromatic carbocycles. The fourth-order valence-corrected chi connectivity index (χ4v) is 1.24. The Morgan fingerprint density at radius 1 is 1.60 bits per heavy atom. The number of nitrogens with zero attached hydrogens (tertiary/aromatic N) is 2. The van der Waals surface area contributed by atoms with E-state index in [9.17, 15) is 0 Å². The van der Waals surface area contributed by atoms with Crippen molar-refractivity contribution in [2.45, 2.75) is 13.0 Å². The maximum atomic E-state index is 9.06. The molecule has 1 heterocycles. The first-order valence-corrected chi connectivity index (χ1v) is 4.90. The van der Waals surface area contributed by atoms with Crippen molar-refractivity contribution in [2.75, 3.05) is 25.6 Å². The van der Waals surface area contributed by atoms with Crippen LogP contribution in [0.4, 0.5) is 5.82 Å². The van der Waals surface area contributed by atoms with Crippen LogP contribution in [0.25, 0.3) is 0 Å². The smallest absolute Gasteiger partial charge is 0.137 e. The van der Waals surface area contributed by atoms with Gasteiger partial charge in [-0.1, -0.05) is 11.6 Å². The quantitative estimate of drug-likeness (QED) is 0.736. The van der Waals surface area contributed by atoms with Gasteiger partial charge in [0.1, 0.15) is 17.3 Å². The van der Waals surface area contributed by atoms with Crippen LogP contribution in [0, 0.1) is 6.92 Å². The zero-order valence-electron chi connectivity index (χ0n) is 8.70. The topological polar surface area (TPSA) is 67.3 Å². The Labute approximate surface area is 93.5 Å². The zero-order chi connectivity index (χ0) is 11.3. The van der Waals surface area contributed by atoms with Crippen molar-refractivity contribution in [3.63, 3.8) is 0 Å². The Hall–Kier alpha value is -0.910. The van der Waals surface area contributed by atoms with E-state index in [1.54, 1.807) is 7.11 Å². The maximum absolute atomic E-state index is 9.06. The third kappa shape index (κ3) is 3.30. The van der Waals surface area contributed by atoms with Crippen molar-refractivity contribution in [2.24, 2.45) is 0 Å². The highest BCUT2D eigenvalue weighted by Crippen LogP contribution is 2.18. The molecule has 0 bridgehead atoms. The molecular formula is C9H14ClN3O2. The summed E-state index contributed by atoms with van der Waals surface area (Å²) >= 11 is 5.83. The summed E-state index contributed by atoms with van der Waals surface area (Å²) < 4.78 is 4.94. The van der Waals surface area contributed by atoms with E-state index in [0.717, 1.165) is 5.56 Å². The van der Waals surface area contributed by atoms with E-state index in [1.807, 2.05) is 6.92 Å². The normalized spacial score (nSPS) is 12.5. The third-order valence-corrected chi connectivity index (χ3v) is 2.33. The van der Waals surface area contributed by atoms with Crippen LogP contribution in [0.1, 0.15) is 5.56 Å². The monoisotopic (exact) mass is 231 g/mol. The van der Waals surface area contributed by atoms with Crippen LogP contribution in [-0.4, -0.2) is 41.4 Å². The summed E-state index contributed by atoms with van der Waals surface area (Å²) in [4.78, 5) is 7.87. The second-order valence-electron chi connectivity index (χ2n) is 3.12. The van der Waals surface area contributed by atoms with Gasteiger partial charge in [0.05, 0.1) is 19.3 Å². The van der Waals surface area contributed by atoms with Crippen LogP contribution in [0.5, 0.6) is 0 Å². The summed E-state index contributed by atoms with van der Waals surface area (Å²) in [6.07, 6.45) is 1.37. The SMILES string of the molecule is COCC(CO)Nc1ncnc(Cl)c1C. The van der Waals surface area contributed by atoms with Gasteiger partial charge in [-0.2, -0.15) is 0 Å². The van der Waals surface area contributed by atoms with Crippen LogP contribution < -0.4 is 5.32 Å². The van der Waals surface area contributed by atoms with Crippen molar-refractivity contribution in [3.8, 4) is 0 Å². The molecule has 0 aliphatic heterocycles. The van der Waals surface area contributed by atoms with Crippen LogP contribution >= 0.6 is 11.6 Å². The summed E-state index contributed by atoms with van der Waals surface area (Å²) in [7, 11) is 1.57. The minimum absolute atomic E-state index is 0.0328. The molecule has 2 N–H and O–H groups in total. The number of nitrogens with one attached hydrogen (secondary N) is 1. The molecule has 0 spiro atoms. The highest BCUT2D eigenvalue weighted by Gasteiger charge is 2.10. The third-order valence-electron chi connectivity index (χ3n) is 1.95. The van der Waals surface area contributed by atoms with Gasteiger partial charge in [-0.05, 0) is 6.92 Å². The fraction of sp³-hybridized carbons (Fsp3) is 0.556. The minimum Gasteiger partial charge on any atom is -0.394 e. The number of aliphatic hydroxyl groups is 1. The van der Waals surface area contributed by atoms with E-state index in [2.05, 4.69) is 15.3 Å². The lowest BCUT2D eigenvalue weighted by Crippen LogP contribution is -2.29. The van der Waals surface area contributed by atoms with E-state index < -0.39 is 0 Å². The number of hydrogen-bond acceptors (Lipinski definition) is 5. The number of rotatable bonds is 5. The number of methoxy groups -OCH3 is 1. The Morgan fingerprint density at radius 3 is 2.93 bits per heavy atom. The fourth-order valence-electron chi connectivity index (χ4n) is 1.11. The molecule has 0 aliphatic carbocycles. The molecule has 1 aromatic rings. The molecule has 6 heteroatoms. The summed E-state index contributed by atoms with van der Waals surface area (Å²) in [5.41, 5.74) is 0.758. The van der Waals surface area contributed by atoms with Gasteiger partial charge >= 0.3 is 0 Å². The molecule has 1 rings (SSSR count). The largest absolute Gasteiger partial charge is 0.394 e.